The van der Waals surface area contributed by atoms with Crippen LogP contribution in [0.5, 0.6) is 0 Å². The largest absolute Gasteiger partial charge is 0.358 e. The summed E-state index contributed by atoms with van der Waals surface area (Å²) in [4.78, 5) is 0. The predicted octanol–water partition coefficient (Wildman–Crippen LogP) is 2.25. The molecule has 1 heteroatoms. The molecule has 0 N–H and O–H groups in total. The maximum Gasteiger partial charge on any atom is 0 e. The molecule has 43 valence electrons. The Labute approximate surface area is 63.1 Å². The molecule has 1 radical (unpaired) electrons. The van der Waals surface area contributed by atoms with Crippen LogP contribution in [0.15, 0.2) is 0 Å². The van der Waals surface area contributed by atoms with Crippen LogP contribution in [-0.4, -0.2) is 0 Å². The number of hydrogen-bond donors (Lipinski definition) is 0. The van der Waals surface area contributed by atoms with Gasteiger partial charge in [0, 0.05) is 25.8 Å². The molecule has 0 spiro atoms. The van der Waals surface area contributed by atoms with Crippen LogP contribution in [0.25, 0.3) is 0 Å². The van der Waals surface area contributed by atoms with E-state index in [9.17, 15) is 0 Å². The van der Waals surface area contributed by atoms with Crippen molar-refractivity contribution in [1.29, 1.82) is 0 Å². The van der Waals surface area contributed by atoms with E-state index in [0.29, 0.717) is 0 Å². The first kappa shape index (κ1) is 313. The van der Waals surface area contributed by atoms with E-state index < -0.39 is 0 Å². The fraction of sp³-hybridized carbons (Fsp3) is 0. The Morgan fingerprint density at radius 1 is 0.333 bits per heavy atom. The van der Waals surface area contributed by atoms with Crippen molar-refractivity contribution in [1.82, 2.24) is 0 Å². The summed E-state index contributed by atoms with van der Waals surface area (Å²) in [5.74, 6) is 0. The van der Waals surface area contributed by atoms with Crippen LogP contribution in [0, 0.1) is 37.1 Å². The van der Waals surface area contributed by atoms with Crippen LogP contribution < -0.4 is 0 Å². The molecule has 0 heterocycles. The van der Waals surface area contributed by atoms with Gasteiger partial charge in [-0.2, -0.15) is 0 Å². The van der Waals surface area contributed by atoms with Crippen LogP contribution in [0.1, 0.15) is 0 Å². The molecule has 0 aliphatic carbocycles. The van der Waals surface area contributed by atoms with Gasteiger partial charge in [0.2, 0.25) is 0 Å². The van der Waals surface area contributed by atoms with Gasteiger partial charge in [0.25, 0.3) is 0 Å². The Bertz CT molecular complexity index is 3.90. The van der Waals surface area contributed by atoms with E-state index in [0.717, 1.165) is 0 Å². The fourth-order valence-corrected chi connectivity index (χ4v) is 0. The van der Waals surface area contributed by atoms with Gasteiger partial charge in [-0.3, -0.25) is 0 Å². The third-order valence-corrected chi connectivity index (χ3v) is 0. The van der Waals surface area contributed by atoms with E-state index in [-0.39, 0.29) is 63.0 Å². The molecule has 0 aliphatic heterocycles. The SMILES string of the molecule is [CH3-].[CH3-].[CH3-].[CH3-].[CH3-].[Sc]. The normalized spacial score (nSPS) is 0. The predicted molar refractivity (Wildman–Crippen MR) is 32.1 cm³/mol. The number of hydrogen-bond acceptors (Lipinski definition) is 0. The molecule has 6 heavy (non-hydrogen) atoms. The zero-order valence-electron chi connectivity index (χ0n) is 5.58. The minimum absolute atomic E-state index is 0. The van der Waals surface area contributed by atoms with Gasteiger partial charge in [0.05, 0.1) is 0 Å². The van der Waals surface area contributed by atoms with Gasteiger partial charge in [0.1, 0.15) is 0 Å². The van der Waals surface area contributed by atoms with Gasteiger partial charge in [-0.1, -0.05) is 0 Å². The van der Waals surface area contributed by atoms with Crippen molar-refractivity contribution in [2.45, 2.75) is 0 Å². The second-order valence-electron chi connectivity index (χ2n) is 0. The van der Waals surface area contributed by atoms with Crippen molar-refractivity contribution in [2.75, 3.05) is 0 Å². The molecule has 0 saturated carbocycles. The average molecular weight is 120 g/mol. The molecule has 0 fully saturated rings. The molecular weight excluding hydrogens is 105 g/mol. The summed E-state index contributed by atoms with van der Waals surface area (Å²) in [5.41, 5.74) is 0. The van der Waals surface area contributed by atoms with Crippen LogP contribution in [0.3, 0.4) is 0 Å². The van der Waals surface area contributed by atoms with Crippen LogP contribution in [0.4, 0.5) is 0 Å². The molecule has 0 aromatic heterocycles. The monoisotopic (exact) mass is 120 g/mol. The summed E-state index contributed by atoms with van der Waals surface area (Å²) in [6.45, 7) is 0. The summed E-state index contributed by atoms with van der Waals surface area (Å²) in [5, 5.41) is 0. The van der Waals surface area contributed by atoms with Gasteiger partial charge in [-0.05, 0) is 0 Å². The van der Waals surface area contributed by atoms with E-state index in [1.807, 2.05) is 0 Å². The second kappa shape index (κ2) is 184. The van der Waals surface area contributed by atoms with E-state index in [1.165, 1.54) is 0 Å². The minimum atomic E-state index is 0. The topological polar surface area (TPSA) is 0 Å². The molecule has 0 amide bonds. The first-order valence-electron chi connectivity index (χ1n) is 0. The third-order valence-electron chi connectivity index (χ3n) is 0. The Balaban J connectivity index is 0. The van der Waals surface area contributed by atoms with Crippen molar-refractivity contribution >= 4 is 0 Å². The summed E-state index contributed by atoms with van der Waals surface area (Å²) in [6, 6.07) is 0. The first-order valence-corrected chi connectivity index (χ1v) is 0. The molecule has 0 aromatic rings. The maximum atomic E-state index is 0. The van der Waals surface area contributed by atoms with Crippen LogP contribution in [-0.2, 0) is 25.8 Å². The van der Waals surface area contributed by atoms with Gasteiger partial charge < -0.3 is 37.1 Å². The van der Waals surface area contributed by atoms with Gasteiger partial charge in [0.15, 0.2) is 0 Å². The Hall–Kier alpha value is 0.870. The first-order chi connectivity index (χ1) is 0. The minimum Gasteiger partial charge on any atom is -0.358 e. The number of rotatable bonds is 0. The summed E-state index contributed by atoms with van der Waals surface area (Å²) in [7, 11) is 0. The molecule has 0 aliphatic rings. The van der Waals surface area contributed by atoms with Gasteiger partial charge >= 0.3 is 0 Å². The van der Waals surface area contributed by atoms with E-state index in [4.69, 9.17) is 0 Å². The quantitative estimate of drug-likeness (QED) is 0.430. The van der Waals surface area contributed by atoms with Crippen molar-refractivity contribution < 1.29 is 25.8 Å². The summed E-state index contributed by atoms with van der Waals surface area (Å²) in [6.07, 6.45) is 0. The average Bonchev–Trinajstić information content (AvgIpc) is 0. The molecule has 0 rings (SSSR count). The van der Waals surface area contributed by atoms with Crippen LogP contribution >= 0.6 is 0 Å². The van der Waals surface area contributed by atoms with E-state index in [1.54, 1.807) is 0 Å². The molecule has 0 saturated heterocycles. The zero-order valence-corrected chi connectivity index (χ0v) is 7.38. The van der Waals surface area contributed by atoms with E-state index in [2.05, 4.69) is 0 Å². The Kier molecular flexibility index (Phi) is 9580. The van der Waals surface area contributed by atoms with E-state index >= 15 is 0 Å². The van der Waals surface area contributed by atoms with Crippen molar-refractivity contribution in [3.63, 3.8) is 0 Å². The fourth-order valence-electron chi connectivity index (χ4n) is 0. The molecular formula is C5H15Sc-5. The summed E-state index contributed by atoms with van der Waals surface area (Å²) < 4.78 is 0. The molecule has 0 bridgehead atoms. The van der Waals surface area contributed by atoms with Crippen molar-refractivity contribution in [2.24, 2.45) is 0 Å². The van der Waals surface area contributed by atoms with Gasteiger partial charge in [-0.25, -0.2) is 0 Å². The van der Waals surface area contributed by atoms with Crippen LogP contribution in [0.2, 0.25) is 0 Å². The molecule has 0 unspecified atom stereocenters. The third kappa shape index (κ3) is 96.3. The molecule has 0 nitrogen and oxygen atoms in total. The standard InChI is InChI=1S/5CH3.Sc/h5*1H3;/q5*-1;. The second-order valence-corrected chi connectivity index (χ2v) is 0. The summed E-state index contributed by atoms with van der Waals surface area (Å²) >= 11 is 0. The van der Waals surface area contributed by atoms with Gasteiger partial charge in [-0.15, -0.1) is 0 Å². The Morgan fingerprint density at radius 2 is 0.333 bits per heavy atom. The molecule has 0 atom stereocenters. The molecule has 0 aromatic carbocycles. The Morgan fingerprint density at radius 3 is 0.333 bits per heavy atom. The maximum absolute atomic E-state index is 0. The smallest absolute Gasteiger partial charge is 0 e. The van der Waals surface area contributed by atoms with Crippen molar-refractivity contribution in [3.8, 4) is 0 Å². The van der Waals surface area contributed by atoms with Crippen molar-refractivity contribution in [3.05, 3.63) is 37.1 Å². The zero-order chi connectivity index (χ0) is 0.